The largest absolute Gasteiger partial charge is 0.305 e. The van der Waals surface area contributed by atoms with Crippen LogP contribution >= 0.6 is 23.5 Å². The summed E-state index contributed by atoms with van der Waals surface area (Å²) < 4.78 is 1.97. The van der Waals surface area contributed by atoms with Gasteiger partial charge in [-0.05, 0) is 30.5 Å². The maximum atomic E-state index is 13.1. The Balaban J connectivity index is 1.82. The molecule has 116 valence electrons. The molecule has 3 aromatic rings. The van der Waals surface area contributed by atoms with E-state index < -0.39 is 0 Å². The van der Waals surface area contributed by atoms with Crippen molar-refractivity contribution in [2.24, 2.45) is 0 Å². The van der Waals surface area contributed by atoms with E-state index in [1.54, 1.807) is 23.5 Å². The third-order valence-corrected chi connectivity index (χ3v) is 5.57. The van der Waals surface area contributed by atoms with Gasteiger partial charge in [0.1, 0.15) is 0 Å². The van der Waals surface area contributed by atoms with Gasteiger partial charge in [-0.3, -0.25) is 9.20 Å². The van der Waals surface area contributed by atoms with E-state index in [1.165, 1.54) is 0 Å². The second-order valence-corrected chi connectivity index (χ2v) is 7.09. The zero-order valence-corrected chi connectivity index (χ0v) is 14.2. The number of hydrogen-bond donors (Lipinski definition) is 0. The van der Waals surface area contributed by atoms with Gasteiger partial charge in [-0.2, -0.15) is 0 Å². The van der Waals surface area contributed by atoms with Gasteiger partial charge < -0.3 is 4.90 Å². The number of thioether (sulfide) groups is 2. The van der Waals surface area contributed by atoms with E-state index in [0.717, 1.165) is 27.0 Å². The number of hydrogen-bond acceptors (Lipinski definition) is 4. The number of carbonyl (C=O) groups excluding carboxylic acids is 1. The number of fused-ring (bicyclic) bond motifs is 2. The molecule has 0 atom stereocenters. The number of amides is 1. The molecule has 1 aliphatic rings. The number of aromatic nitrogens is 2. The fraction of sp³-hybridized carbons (Fsp3) is 0.176. The lowest BCUT2D eigenvalue weighted by molar-refractivity contribution is 0.0984. The molecule has 6 heteroatoms. The summed E-state index contributed by atoms with van der Waals surface area (Å²) in [6.07, 6.45) is 3.92. The Labute approximate surface area is 142 Å². The van der Waals surface area contributed by atoms with Gasteiger partial charge in [0.2, 0.25) is 0 Å². The lowest BCUT2D eigenvalue weighted by Crippen LogP contribution is -2.35. The van der Waals surface area contributed by atoms with Crippen molar-refractivity contribution in [2.75, 3.05) is 23.5 Å². The summed E-state index contributed by atoms with van der Waals surface area (Å²) in [5.41, 5.74) is 2.37. The van der Waals surface area contributed by atoms with Gasteiger partial charge in [-0.1, -0.05) is 30.0 Å². The summed E-state index contributed by atoms with van der Waals surface area (Å²) in [5.74, 6) is 0.881. The van der Waals surface area contributed by atoms with Crippen LogP contribution in [0.5, 0.6) is 0 Å². The Bertz CT molecular complexity index is 890. The van der Waals surface area contributed by atoms with Crippen LogP contribution in [0, 0.1) is 0 Å². The zero-order chi connectivity index (χ0) is 15.8. The highest BCUT2D eigenvalue weighted by molar-refractivity contribution is 7.99. The van der Waals surface area contributed by atoms with Crippen molar-refractivity contribution in [1.29, 1.82) is 0 Å². The van der Waals surface area contributed by atoms with Crippen LogP contribution in [0.2, 0.25) is 0 Å². The molecular weight excluding hydrogens is 326 g/mol. The molecule has 4 rings (SSSR count). The molecule has 0 saturated carbocycles. The van der Waals surface area contributed by atoms with Crippen molar-refractivity contribution in [3.63, 3.8) is 0 Å². The fourth-order valence-electron chi connectivity index (χ4n) is 2.82. The average molecular weight is 341 g/mol. The van der Waals surface area contributed by atoms with Crippen molar-refractivity contribution in [2.45, 2.75) is 10.1 Å². The first-order chi connectivity index (χ1) is 11.3. The summed E-state index contributed by atoms with van der Waals surface area (Å²) in [7, 11) is 0. The smallest absolute Gasteiger partial charge is 0.279 e. The van der Waals surface area contributed by atoms with Crippen LogP contribution in [0.1, 0.15) is 10.5 Å². The molecule has 1 aliphatic heterocycles. The Morgan fingerprint density at radius 2 is 2.04 bits per heavy atom. The highest BCUT2D eigenvalue weighted by Crippen LogP contribution is 2.35. The Morgan fingerprint density at radius 3 is 2.91 bits per heavy atom. The molecule has 0 bridgehead atoms. The van der Waals surface area contributed by atoms with Crippen LogP contribution in [0.3, 0.4) is 0 Å². The summed E-state index contributed by atoms with van der Waals surface area (Å²) in [5, 5.41) is 0.837. The number of nitrogens with zero attached hydrogens (tertiary/aromatic N) is 3. The van der Waals surface area contributed by atoms with Crippen molar-refractivity contribution in [3.05, 3.63) is 54.4 Å². The van der Waals surface area contributed by atoms with Crippen LogP contribution in [0.25, 0.3) is 5.52 Å². The highest BCUT2D eigenvalue weighted by Gasteiger charge is 2.27. The first-order valence-electron chi connectivity index (χ1n) is 7.34. The molecule has 4 nitrogen and oxygen atoms in total. The van der Waals surface area contributed by atoms with E-state index in [0.29, 0.717) is 12.2 Å². The van der Waals surface area contributed by atoms with Gasteiger partial charge >= 0.3 is 0 Å². The van der Waals surface area contributed by atoms with Crippen LogP contribution in [-0.2, 0) is 0 Å². The topological polar surface area (TPSA) is 37.6 Å². The molecule has 1 aromatic carbocycles. The summed E-state index contributed by atoms with van der Waals surface area (Å²) in [6, 6.07) is 13.9. The van der Waals surface area contributed by atoms with Gasteiger partial charge in [0.15, 0.2) is 10.9 Å². The minimum atomic E-state index is -0.0262. The predicted molar refractivity (Wildman–Crippen MR) is 95.8 cm³/mol. The SMILES string of the molecule is CSc1nc(C(=O)N2CCSc3ccccc32)c2ccccn12. The van der Waals surface area contributed by atoms with Crippen LogP contribution in [-0.4, -0.2) is 33.8 Å². The lowest BCUT2D eigenvalue weighted by Gasteiger charge is -2.28. The number of anilines is 1. The molecule has 0 saturated heterocycles. The standard InChI is InChI=1S/C17H15N3OS2/c1-22-17-18-15(13-7-4-5-9-20(13)17)16(21)19-10-11-23-14-8-3-2-6-12(14)19/h2-9H,10-11H2,1H3. The van der Waals surface area contributed by atoms with Gasteiger partial charge in [0.25, 0.3) is 5.91 Å². The van der Waals surface area contributed by atoms with Gasteiger partial charge in [-0.15, -0.1) is 11.8 Å². The van der Waals surface area contributed by atoms with E-state index in [-0.39, 0.29) is 5.91 Å². The van der Waals surface area contributed by atoms with Crippen molar-refractivity contribution >= 4 is 40.6 Å². The quantitative estimate of drug-likeness (QED) is 0.664. The number of para-hydroxylation sites is 1. The molecule has 0 spiro atoms. The Morgan fingerprint density at radius 1 is 1.22 bits per heavy atom. The molecule has 3 heterocycles. The van der Waals surface area contributed by atoms with Gasteiger partial charge in [-0.25, -0.2) is 4.98 Å². The van der Waals surface area contributed by atoms with Crippen molar-refractivity contribution in [1.82, 2.24) is 9.38 Å². The summed E-state index contributed by atoms with van der Waals surface area (Å²) in [6.45, 7) is 0.709. The van der Waals surface area contributed by atoms with E-state index in [1.807, 2.05) is 58.2 Å². The number of pyridine rings is 1. The normalized spacial score (nSPS) is 14.0. The van der Waals surface area contributed by atoms with Gasteiger partial charge in [0, 0.05) is 23.4 Å². The minimum Gasteiger partial charge on any atom is -0.305 e. The Hall–Kier alpha value is -1.92. The number of imidazole rings is 1. The first kappa shape index (κ1) is 14.7. The Kier molecular flexibility index (Phi) is 3.79. The molecule has 23 heavy (non-hydrogen) atoms. The maximum Gasteiger partial charge on any atom is 0.279 e. The average Bonchev–Trinajstić information content (AvgIpc) is 2.99. The van der Waals surface area contributed by atoms with Crippen molar-refractivity contribution in [3.8, 4) is 0 Å². The highest BCUT2D eigenvalue weighted by atomic mass is 32.2. The number of benzene rings is 1. The molecule has 0 N–H and O–H groups in total. The third-order valence-electron chi connectivity index (χ3n) is 3.87. The van der Waals surface area contributed by atoms with E-state index in [2.05, 4.69) is 11.1 Å². The molecule has 1 amide bonds. The first-order valence-corrected chi connectivity index (χ1v) is 9.55. The van der Waals surface area contributed by atoms with Crippen LogP contribution in [0.4, 0.5) is 5.69 Å². The molecule has 0 unspecified atom stereocenters. The lowest BCUT2D eigenvalue weighted by atomic mass is 10.2. The molecule has 0 radical (unpaired) electrons. The van der Waals surface area contributed by atoms with E-state index in [9.17, 15) is 4.79 Å². The third kappa shape index (κ3) is 2.42. The number of carbonyl (C=O) groups is 1. The van der Waals surface area contributed by atoms with Crippen LogP contribution < -0.4 is 4.90 Å². The van der Waals surface area contributed by atoms with Crippen molar-refractivity contribution < 1.29 is 4.79 Å². The summed E-state index contributed by atoms with van der Waals surface area (Å²) in [4.78, 5) is 20.7. The zero-order valence-electron chi connectivity index (χ0n) is 12.6. The number of rotatable bonds is 2. The second kappa shape index (κ2) is 5.94. The molecule has 0 aliphatic carbocycles. The monoisotopic (exact) mass is 341 g/mol. The van der Waals surface area contributed by atoms with E-state index in [4.69, 9.17) is 0 Å². The minimum absolute atomic E-state index is 0.0262. The summed E-state index contributed by atoms with van der Waals surface area (Å²) >= 11 is 3.34. The van der Waals surface area contributed by atoms with Gasteiger partial charge in [0.05, 0.1) is 11.2 Å². The maximum absolute atomic E-state index is 13.1. The second-order valence-electron chi connectivity index (χ2n) is 5.18. The van der Waals surface area contributed by atoms with Crippen LogP contribution in [0.15, 0.2) is 58.7 Å². The molecular formula is C17H15N3OS2. The fourth-order valence-corrected chi connectivity index (χ4v) is 4.35. The van der Waals surface area contributed by atoms with E-state index >= 15 is 0 Å². The molecule has 0 fully saturated rings. The predicted octanol–water partition coefficient (Wildman–Crippen LogP) is 3.81. The molecule has 2 aromatic heterocycles.